The van der Waals surface area contributed by atoms with Crippen molar-refractivity contribution in [2.75, 3.05) is 0 Å². The lowest BCUT2D eigenvalue weighted by Gasteiger charge is -2.16. The SMILES string of the molecule is C=C/C=C(\C=C)c1ccc2c(c1)c(=O)n(-c1ccc(-c3ccccc3)cc1)c1ccc(-c3ccccc3)cc21. The predicted octanol–water partition coefficient (Wildman–Crippen LogP) is 9.23. The Kier molecular flexibility index (Phi) is 6.36. The van der Waals surface area contributed by atoms with Gasteiger partial charge < -0.3 is 0 Å². The van der Waals surface area contributed by atoms with Gasteiger partial charge in [-0.15, -0.1) is 0 Å². The van der Waals surface area contributed by atoms with E-state index in [1.165, 1.54) is 0 Å². The molecular weight excluding hydrogens is 474 g/mol. The van der Waals surface area contributed by atoms with Gasteiger partial charge >= 0.3 is 0 Å². The summed E-state index contributed by atoms with van der Waals surface area (Å²) in [4.78, 5) is 14.2. The smallest absolute Gasteiger partial charge is 0.263 e. The summed E-state index contributed by atoms with van der Waals surface area (Å²) in [5.41, 5.74) is 7.99. The molecule has 0 saturated carbocycles. The van der Waals surface area contributed by atoms with Crippen LogP contribution in [0.2, 0.25) is 0 Å². The van der Waals surface area contributed by atoms with Gasteiger partial charge in [0, 0.05) is 16.5 Å². The molecule has 0 aliphatic heterocycles. The van der Waals surface area contributed by atoms with E-state index < -0.39 is 0 Å². The lowest BCUT2D eigenvalue weighted by Crippen LogP contribution is -2.19. The molecule has 0 N–H and O–H groups in total. The van der Waals surface area contributed by atoms with Crippen molar-refractivity contribution in [2.24, 2.45) is 0 Å². The van der Waals surface area contributed by atoms with Crippen LogP contribution in [0.1, 0.15) is 5.56 Å². The number of rotatable bonds is 6. The van der Waals surface area contributed by atoms with Gasteiger partial charge in [0.2, 0.25) is 0 Å². The first-order chi connectivity index (χ1) is 19.2. The molecule has 0 aliphatic rings. The van der Waals surface area contributed by atoms with Crippen LogP contribution in [0.3, 0.4) is 0 Å². The maximum atomic E-state index is 14.2. The molecule has 186 valence electrons. The molecule has 0 saturated heterocycles. The fourth-order valence-electron chi connectivity index (χ4n) is 5.22. The molecular formula is C37H27NO. The van der Waals surface area contributed by atoms with Gasteiger partial charge in [-0.1, -0.05) is 122 Å². The first-order valence-electron chi connectivity index (χ1n) is 13.0. The monoisotopic (exact) mass is 501 g/mol. The van der Waals surface area contributed by atoms with Crippen LogP contribution in [0, 0.1) is 0 Å². The van der Waals surface area contributed by atoms with Crippen molar-refractivity contribution in [1.82, 2.24) is 4.57 Å². The summed E-state index contributed by atoms with van der Waals surface area (Å²) in [5, 5.41) is 2.61. The number of pyridine rings is 1. The number of allylic oxidation sites excluding steroid dienone is 4. The van der Waals surface area contributed by atoms with E-state index in [-0.39, 0.29) is 5.56 Å². The van der Waals surface area contributed by atoms with Gasteiger partial charge in [-0.3, -0.25) is 9.36 Å². The third-order valence-corrected chi connectivity index (χ3v) is 7.17. The number of nitrogens with zero attached hydrogens (tertiary/aromatic N) is 1. The molecule has 0 fully saturated rings. The second-order valence-corrected chi connectivity index (χ2v) is 9.47. The van der Waals surface area contributed by atoms with E-state index in [1.807, 2.05) is 77.4 Å². The van der Waals surface area contributed by atoms with Gasteiger partial charge in [-0.25, -0.2) is 0 Å². The Balaban J connectivity index is 1.63. The van der Waals surface area contributed by atoms with Gasteiger partial charge in [0.15, 0.2) is 0 Å². The highest BCUT2D eigenvalue weighted by Gasteiger charge is 2.15. The minimum Gasteiger partial charge on any atom is -0.276 e. The number of fused-ring (bicyclic) bond motifs is 3. The molecule has 2 nitrogen and oxygen atoms in total. The van der Waals surface area contributed by atoms with E-state index >= 15 is 0 Å². The minimum absolute atomic E-state index is 0.0544. The molecule has 0 unspecified atom stereocenters. The minimum atomic E-state index is -0.0544. The molecule has 6 aromatic rings. The largest absolute Gasteiger partial charge is 0.276 e. The first-order valence-corrected chi connectivity index (χ1v) is 13.0. The highest BCUT2D eigenvalue weighted by molar-refractivity contribution is 6.08. The van der Waals surface area contributed by atoms with Crippen molar-refractivity contribution in [1.29, 1.82) is 0 Å². The molecule has 0 aliphatic carbocycles. The van der Waals surface area contributed by atoms with E-state index in [9.17, 15) is 4.79 Å². The molecule has 0 spiro atoms. The zero-order valence-electron chi connectivity index (χ0n) is 21.5. The van der Waals surface area contributed by atoms with Gasteiger partial charge in [-0.2, -0.15) is 0 Å². The zero-order valence-corrected chi connectivity index (χ0v) is 21.5. The summed E-state index contributed by atoms with van der Waals surface area (Å²) in [5.74, 6) is 0. The Morgan fingerprint density at radius 2 is 1.21 bits per heavy atom. The second kappa shape index (κ2) is 10.3. The van der Waals surface area contributed by atoms with Gasteiger partial charge in [0.1, 0.15) is 0 Å². The number of benzene rings is 5. The van der Waals surface area contributed by atoms with E-state index in [4.69, 9.17) is 0 Å². The average molecular weight is 502 g/mol. The van der Waals surface area contributed by atoms with Crippen molar-refractivity contribution in [3.05, 3.63) is 169 Å². The van der Waals surface area contributed by atoms with Crippen LogP contribution < -0.4 is 5.56 Å². The Hall–Kier alpha value is -5.21. The molecule has 0 bridgehead atoms. The van der Waals surface area contributed by atoms with E-state index in [0.717, 1.165) is 55.4 Å². The molecule has 0 radical (unpaired) electrons. The molecule has 5 aromatic carbocycles. The summed E-state index contributed by atoms with van der Waals surface area (Å²) >= 11 is 0. The standard InChI is InChI=1S/C37H27NO/c1-3-11-26(4-2)30-18-22-33-34-24-31(28-14-9-6-10-15-28)19-23-36(34)38(37(39)35(33)25-30)32-20-16-29(17-21-32)27-12-7-5-8-13-27/h3-25H,1-2H2/b26-11+. The fraction of sp³-hybridized carbons (Fsp3) is 0. The lowest BCUT2D eigenvalue weighted by atomic mass is 9.96. The molecule has 1 heterocycles. The number of aromatic nitrogens is 1. The van der Waals surface area contributed by atoms with Crippen molar-refractivity contribution >= 4 is 27.2 Å². The van der Waals surface area contributed by atoms with Crippen LogP contribution in [0.5, 0.6) is 0 Å². The number of hydrogen-bond donors (Lipinski definition) is 0. The highest BCUT2D eigenvalue weighted by atomic mass is 16.1. The summed E-state index contributed by atoms with van der Waals surface area (Å²) in [6, 6.07) is 41.2. The Labute approximate surface area is 228 Å². The van der Waals surface area contributed by atoms with E-state index in [1.54, 1.807) is 12.2 Å². The zero-order chi connectivity index (χ0) is 26.8. The van der Waals surface area contributed by atoms with Crippen LogP contribution in [0.25, 0.3) is 55.2 Å². The quantitative estimate of drug-likeness (QED) is 0.165. The van der Waals surface area contributed by atoms with E-state index in [2.05, 4.69) is 67.8 Å². The summed E-state index contributed by atoms with van der Waals surface area (Å²) in [6.07, 6.45) is 5.43. The van der Waals surface area contributed by atoms with Crippen molar-refractivity contribution in [3.8, 4) is 27.9 Å². The van der Waals surface area contributed by atoms with Crippen molar-refractivity contribution in [2.45, 2.75) is 0 Å². The molecule has 0 amide bonds. The molecule has 6 rings (SSSR count). The van der Waals surface area contributed by atoms with Crippen LogP contribution in [-0.4, -0.2) is 4.57 Å². The third kappa shape index (κ3) is 4.43. The first kappa shape index (κ1) is 24.1. The van der Waals surface area contributed by atoms with Gasteiger partial charge in [0.25, 0.3) is 5.56 Å². The topological polar surface area (TPSA) is 22.0 Å². The Morgan fingerprint density at radius 3 is 1.85 bits per heavy atom. The normalized spacial score (nSPS) is 11.5. The summed E-state index contributed by atoms with van der Waals surface area (Å²) in [7, 11) is 0. The molecule has 0 atom stereocenters. The maximum absolute atomic E-state index is 14.2. The molecule has 2 heteroatoms. The van der Waals surface area contributed by atoms with Gasteiger partial charge in [0.05, 0.1) is 5.52 Å². The maximum Gasteiger partial charge on any atom is 0.263 e. The number of hydrogen-bond acceptors (Lipinski definition) is 1. The Morgan fingerprint density at radius 1 is 0.590 bits per heavy atom. The molecule has 1 aromatic heterocycles. The Bertz CT molecular complexity index is 1930. The molecule has 39 heavy (non-hydrogen) atoms. The lowest BCUT2D eigenvalue weighted by molar-refractivity contribution is 1.06. The summed E-state index contributed by atoms with van der Waals surface area (Å²) in [6.45, 7) is 7.78. The van der Waals surface area contributed by atoms with Crippen LogP contribution >= 0.6 is 0 Å². The predicted molar refractivity (Wildman–Crippen MR) is 166 cm³/mol. The van der Waals surface area contributed by atoms with Crippen LogP contribution in [0.15, 0.2) is 158 Å². The second-order valence-electron chi connectivity index (χ2n) is 9.47. The van der Waals surface area contributed by atoms with Crippen LogP contribution in [-0.2, 0) is 0 Å². The van der Waals surface area contributed by atoms with Crippen molar-refractivity contribution in [3.63, 3.8) is 0 Å². The van der Waals surface area contributed by atoms with Gasteiger partial charge in [-0.05, 0) is 69.1 Å². The highest BCUT2D eigenvalue weighted by Crippen LogP contribution is 2.32. The van der Waals surface area contributed by atoms with Crippen molar-refractivity contribution < 1.29 is 0 Å². The fourth-order valence-corrected chi connectivity index (χ4v) is 5.22. The third-order valence-electron chi connectivity index (χ3n) is 7.17. The van der Waals surface area contributed by atoms with Crippen LogP contribution in [0.4, 0.5) is 0 Å². The summed E-state index contributed by atoms with van der Waals surface area (Å²) < 4.78 is 1.83. The average Bonchev–Trinajstić information content (AvgIpc) is 3.01. The van der Waals surface area contributed by atoms with E-state index in [0.29, 0.717) is 5.39 Å².